The van der Waals surface area contributed by atoms with Gasteiger partial charge in [0.05, 0.1) is 5.52 Å². The Morgan fingerprint density at radius 2 is 1.92 bits per heavy atom. The standard InChI is InChI=1S/C7H3BrF2N2/c8-7-3-1-4(9)5(10)2-6(3)11-12-7/h1-2H,(H,11,12). The van der Waals surface area contributed by atoms with Crippen LogP contribution >= 0.6 is 15.9 Å². The average Bonchev–Trinajstić information content (AvgIpc) is 2.35. The number of fused-ring (bicyclic) bond motifs is 1. The predicted molar refractivity (Wildman–Crippen MR) is 43.7 cm³/mol. The lowest BCUT2D eigenvalue weighted by molar-refractivity contribution is 0.511. The highest BCUT2D eigenvalue weighted by atomic mass is 79.9. The van der Waals surface area contributed by atoms with Gasteiger partial charge in [-0.05, 0) is 22.0 Å². The molecule has 0 aliphatic rings. The zero-order valence-electron chi connectivity index (χ0n) is 5.74. The molecule has 1 N–H and O–H groups in total. The molecule has 0 bridgehead atoms. The summed E-state index contributed by atoms with van der Waals surface area (Å²) in [5.74, 6) is -1.76. The summed E-state index contributed by atoms with van der Waals surface area (Å²) in [6, 6.07) is 2.14. The van der Waals surface area contributed by atoms with Crippen LogP contribution in [0.2, 0.25) is 0 Å². The van der Waals surface area contributed by atoms with Crippen LogP contribution in [0.1, 0.15) is 0 Å². The summed E-state index contributed by atoms with van der Waals surface area (Å²) < 4.78 is 25.8. The lowest BCUT2D eigenvalue weighted by atomic mass is 10.2. The number of nitrogens with zero attached hydrogens (tertiary/aromatic N) is 1. The van der Waals surface area contributed by atoms with Crippen LogP contribution in [-0.2, 0) is 0 Å². The molecule has 0 spiro atoms. The molecule has 0 unspecified atom stereocenters. The van der Waals surface area contributed by atoms with Crippen molar-refractivity contribution in [2.24, 2.45) is 0 Å². The minimum absolute atomic E-state index is 0.403. The van der Waals surface area contributed by atoms with E-state index < -0.39 is 11.6 Å². The van der Waals surface area contributed by atoms with Gasteiger partial charge in [0.2, 0.25) is 0 Å². The normalized spacial score (nSPS) is 10.9. The number of hydrogen-bond acceptors (Lipinski definition) is 1. The Bertz CT molecular complexity index is 438. The van der Waals surface area contributed by atoms with Crippen LogP contribution in [-0.4, -0.2) is 10.2 Å². The van der Waals surface area contributed by atoms with E-state index in [1.165, 1.54) is 0 Å². The van der Waals surface area contributed by atoms with E-state index in [1.807, 2.05) is 0 Å². The summed E-state index contributed by atoms with van der Waals surface area (Å²) >= 11 is 3.12. The minimum atomic E-state index is -0.887. The maximum Gasteiger partial charge on any atom is 0.161 e. The summed E-state index contributed by atoms with van der Waals surface area (Å²) in [6.45, 7) is 0. The summed E-state index contributed by atoms with van der Waals surface area (Å²) in [5, 5.41) is 6.84. The third kappa shape index (κ3) is 1.01. The number of rotatable bonds is 0. The molecule has 2 rings (SSSR count). The Labute approximate surface area is 74.7 Å². The minimum Gasteiger partial charge on any atom is -0.270 e. The maximum absolute atomic E-state index is 12.7. The van der Waals surface area contributed by atoms with Crippen molar-refractivity contribution in [3.05, 3.63) is 28.4 Å². The Morgan fingerprint density at radius 1 is 1.25 bits per heavy atom. The zero-order chi connectivity index (χ0) is 8.72. The molecule has 12 heavy (non-hydrogen) atoms. The van der Waals surface area contributed by atoms with Gasteiger partial charge in [-0.25, -0.2) is 8.78 Å². The Hall–Kier alpha value is -0.970. The molecule has 0 saturated heterocycles. The van der Waals surface area contributed by atoms with Crippen molar-refractivity contribution in [1.82, 2.24) is 10.2 Å². The zero-order valence-corrected chi connectivity index (χ0v) is 7.32. The summed E-state index contributed by atoms with van der Waals surface area (Å²) in [6.07, 6.45) is 0. The fourth-order valence-electron chi connectivity index (χ4n) is 0.974. The molecule has 0 aliphatic heterocycles. The summed E-state index contributed by atoms with van der Waals surface area (Å²) in [4.78, 5) is 0. The van der Waals surface area contributed by atoms with E-state index in [4.69, 9.17) is 0 Å². The first kappa shape index (κ1) is 7.67. The highest BCUT2D eigenvalue weighted by Gasteiger charge is 2.08. The van der Waals surface area contributed by atoms with E-state index in [0.717, 1.165) is 12.1 Å². The third-order valence-electron chi connectivity index (χ3n) is 1.55. The second kappa shape index (κ2) is 2.52. The van der Waals surface area contributed by atoms with Crippen LogP contribution in [0.4, 0.5) is 8.78 Å². The van der Waals surface area contributed by atoms with Gasteiger partial charge >= 0.3 is 0 Å². The van der Waals surface area contributed by atoms with Crippen molar-refractivity contribution in [2.75, 3.05) is 0 Å². The van der Waals surface area contributed by atoms with Crippen molar-refractivity contribution in [3.8, 4) is 0 Å². The number of hydrogen-bond donors (Lipinski definition) is 1. The number of H-pyrrole nitrogens is 1. The van der Waals surface area contributed by atoms with E-state index in [-0.39, 0.29) is 0 Å². The molecule has 2 nitrogen and oxygen atoms in total. The van der Waals surface area contributed by atoms with Gasteiger partial charge in [-0.1, -0.05) is 0 Å². The van der Waals surface area contributed by atoms with Crippen LogP contribution in [0.15, 0.2) is 16.7 Å². The molecule has 1 heterocycles. The van der Waals surface area contributed by atoms with Gasteiger partial charge < -0.3 is 0 Å². The molecular formula is C7H3BrF2N2. The quantitative estimate of drug-likeness (QED) is 0.744. The maximum atomic E-state index is 12.7. The van der Waals surface area contributed by atoms with Crippen molar-refractivity contribution in [2.45, 2.75) is 0 Å². The topological polar surface area (TPSA) is 28.7 Å². The van der Waals surface area contributed by atoms with Gasteiger partial charge in [-0.3, -0.25) is 5.10 Å². The number of nitrogens with one attached hydrogen (secondary N) is 1. The predicted octanol–water partition coefficient (Wildman–Crippen LogP) is 2.60. The van der Waals surface area contributed by atoms with Gasteiger partial charge in [0.15, 0.2) is 11.6 Å². The first-order valence-corrected chi connectivity index (χ1v) is 3.96. The van der Waals surface area contributed by atoms with E-state index >= 15 is 0 Å². The molecule has 5 heteroatoms. The van der Waals surface area contributed by atoms with Crippen LogP contribution < -0.4 is 0 Å². The van der Waals surface area contributed by atoms with E-state index in [9.17, 15) is 8.78 Å². The highest BCUT2D eigenvalue weighted by Crippen LogP contribution is 2.22. The lowest BCUT2D eigenvalue weighted by Crippen LogP contribution is -1.82. The third-order valence-corrected chi connectivity index (χ3v) is 2.15. The average molecular weight is 233 g/mol. The summed E-state index contributed by atoms with van der Waals surface area (Å²) in [5.41, 5.74) is 0.403. The second-order valence-electron chi connectivity index (χ2n) is 2.32. The molecule has 2 aromatic rings. The smallest absolute Gasteiger partial charge is 0.161 e. The molecule has 0 atom stereocenters. The largest absolute Gasteiger partial charge is 0.270 e. The van der Waals surface area contributed by atoms with Gasteiger partial charge in [0.1, 0.15) is 4.60 Å². The first-order chi connectivity index (χ1) is 5.68. The fraction of sp³-hybridized carbons (Fsp3) is 0. The van der Waals surface area contributed by atoms with E-state index in [1.54, 1.807) is 0 Å². The van der Waals surface area contributed by atoms with E-state index in [2.05, 4.69) is 26.1 Å². The van der Waals surface area contributed by atoms with Crippen molar-refractivity contribution >= 4 is 26.8 Å². The first-order valence-electron chi connectivity index (χ1n) is 3.17. The molecule has 1 aromatic heterocycles. The van der Waals surface area contributed by atoms with E-state index in [0.29, 0.717) is 15.5 Å². The summed E-state index contributed by atoms with van der Waals surface area (Å²) in [7, 11) is 0. The van der Waals surface area contributed by atoms with Gasteiger partial charge in [-0.2, -0.15) is 5.10 Å². The molecular weight excluding hydrogens is 230 g/mol. The molecule has 0 amide bonds. The Balaban J connectivity index is 2.87. The van der Waals surface area contributed by atoms with Crippen molar-refractivity contribution in [1.29, 1.82) is 0 Å². The number of benzene rings is 1. The lowest BCUT2D eigenvalue weighted by Gasteiger charge is -1.91. The Morgan fingerprint density at radius 3 is 2.67 bits per heavy atom. The van der Waals surface area contributed by atoms with Crippen LogP contribution in [0.25, 0.3) is 10.9 Å². The number of halogens is 3. The van der Waals surface area contributed by atoms with Crippen LogP contribution in [0, 0.1) is 11.6 Å². The molecule has 0 saturated carbocycles. The van der Waals surface area contributed by atoms with Crippen molar-refractivity contribution in [3.63, 3.8) is 0 Å². The monoisotopic (exact) mass is 232 g/mol. The second-order valence-corrected chi connectivity index (χ2v) is 3.11. The number of aromatic nitrogens is 2. The molecule has 62 valence electrons. The SMILES string of the molecule is Fc1cc2n[nH]c(Br)c2cc1F. The van der Waals surface area contributed by atoms with Crippen LogP contribution in [0.3, 0.4) is 0 Å². The molecule has 0 aliphatic carbocycles. The van der Waals surface area contributed by atoms with Gasteiger partial charge in [0, 0.05) is 11.5 Å². The van der Waals surface area contributed by atoms with Crippen LogP contribution in [0.5, 0.6) is 0 Å². The van der Waals surface area contributed by atoms with Gasteiger partial charge in [0.25, 0.3) is 0 Å². The molecule has 0 radical (unpaired) electrons. The molecule has 0 fully saturated rings. The van der Waals surface area contributed by atoms with Crippen molar-refractivity contribution < 1.29 is 8.78 Å². The van der Waals surface area contributed by atoms with Gasteiger partial charge in [-0.15, -0.1) is 0 Å². The fourth-order valence-corrected chi connectivity index (χ4v) is 1.38. The highest BCUT2D eigenvalue weighted by molar-refractivity contribution is 9.10. The Kier molecular flexibility index (Phi) is 1.61. The number of aromatic amines is 1. The molecule has 1 aromatic carbocycles.